The molecule has 4 rings (SSSR count). The van der Waals surface area contributed by atoms with Gasteiger partial charge in [-0.15, -0.1) is 0 Å². The van der Waals surface area contributed by atoms with Crippen LogP contribution < -0.4 is 0 Å². The highest BCUT2D eigenvalue weighted by molar-refractivity contribution is 7.90. The summed E-state index contributed by atoms with van der Waals surface area (Å²) < 4.78 is 40.6. The molecule has 1 aromatic heterocycles. The second-order valence-corrected chi connectivity index (χ2v) is 9.03. The van der Waals surface area contributed by atoms with Crippen molar-refractivity contribution in [3.8, 4) is 0 Å². The van der Waals surface area contributed by atoms with Crippen LogP contribution in [0.5, 0.6) is 0 Å². The number of hydrogen-bond acceptors (Lipinski definition) is 5. The van der Waals surface area contributed by atoms with E-state index < -0.39 is 15.6 Å². The van der Waals surface area contributed by atoms with Gasteiger partial charge in [-0.1, -0.05) is 0 Å². The zero-order valence-corrected chi connectivity index (χ0v) is 14.0. The van der Waals surface area contributed by atoms with Gasteiger partial charge in [0.2, 0.25) is 10.0 Å². The van der Waals surface area contributed by atoms with Crippen LogP contribution in [0.25, 0.3) is 0 Å². The molecule has 0 radical (unpaired) electrons. The van der Waals surface area contributed by atoms with E-state index in [9.17, 15) is 8.42 Å². The summed E-state index contributed by atoms with van der Waals surface area (Å²) in [7, 11) is -3.19. The molecule has 1 spiro atoms. The predicted octanol–water partition coefficient (Wildman–Crippen LogP) is 0.625. The molecule has 1 saturated carbocycles. The van der Waals surface area contributed by atoms with Crippen LogP contribution in [-0.2, 0) is 26.0 Å². The molecule has 0 N–H and O–H groups in total. The highest BCUT2D eigenvalue weighted by Crippen LogP contribution is 2.37. The van der Waals surface area contributed by atoms with E-state index in [0.717, 1.165) is 25.7 Å². The second-order valence-electron chi connectivity index (χ2n) is 6.82. The summed E-state index contributed by atoms with van der Waals surface area (Å²) in [4.78, 5) is 0. The lowest BCUT2D eigenvalue weighted by molar-refractivity contribution is -0.0860. The third-order valence-corrected chi connectivity index (χ3v) is 7.25. The summed E-state index contributed by atoms with van der Waals surface area (Å²) in [6, 6.07) is 1.89. The molecule has 8 heteroatoms. The maximum atomic E-state index is 12.6. The van der Waals surface area contributed by atoms with E-state index in [1.807, 2.05) is 16.9 Å². The molecule has 7 nitrogen and oxygen atoms in total. The number of sulfonamides is 1. The molecule has 3 fully saturated rings. The first-order chi connectivity index (χ1) is 11.1. The van der Waals surface area contributed by atoms with Gasteiger partial charge in [0.05, 0.1) is 31.1 Å². The molecule has 0 aromatic carbocycles. The first-order valence-electron chi connectivity index (χ1n) is 8.29. The lowest BCUT2D eigenvalue weighted by Crippen LogP contribution is -2.47. The Morgan fingerprint density at radius 3 is 2.91 bits per heavy atom. The van der Waals surface area contributed by atoms with Crippen LogP contribution in [0.2, 0.25) is 0 Å². The quantitative estimate of drug-likeness (QED) is 0.803. The number of ether oxygens (including phenoxy) is 2. The fourth-order valence-corrected chi connectivity index (χ4v) is 5.43. The van der Waals surface area contributed by atoms with Crippen molar-refractivity contribution in [2.75, 3.05) is 26.3 Å². The Hall–Kier alpha value is -0.960. The van der Waals surface area contributed by atoms with Crippen molar-refractivity contribution in [2.24, 2.45) is 0 Å². The molecule has 1 aliphatic carbocycles. The van der Waals surface area contributed by atoms with Gasteiger partial charge in [0, 0.05) is 25.5 Å². The molecule has 1 aromatic rings. The van der Waals surface area contributed by atoms with Crippen LogP contribution in [0, 0.1) is 0 Å². The van der Waals surface area contributed by atoms with E-state index >= 15 is 0 Å². The van der Waals surface area contributed by atoms with Crippen molar-refractivity contribution in [1.29, 1.82) is 0 Å². The van der Waals surface area contributed by atoms with Gasteiger partial charge in [-0.3, -0.25) is 4.68 Å². The minimum Gasteiger partial charge on any atom is -0.377 e. The number of hydrogen-bond donors (Lipinski definition) is 0. The number of rotatable bonds is 4. The molecular formula is C15H23N3O4S. The topological polar surface area (TPSA) is 73.7 Å². The molecule has 128 valence electrons. The first-order valence-corrected chi connectivity index (χ1v) is 9.80. The fraction of sp³-hybridized carbons (Fsp3) is 0.800. The largest absolute Gasteiger partial charge is 0.377 e. The summed E-state index contributed by atoms with van der Waals surface area (Å²) in [5, 5.41) is 4.04. The molecule has 0 amide bonds. The monoisotopic (exact) mass is 341 g/mol. The molecule has 23 heavy (non-hydrogen) atoms. The molecular weight excluding hydrogens is 318 g/mol. The van der Waals surface area contributed by atoms with Crippen LogP contribution in [-0.4, -0.2) is 65.8 Å². The summed E-state index contributed by atoms with van der Waals surface area (Å²) in [5.74, 6) is 0. The van der Waals surface area contributed by atoms with Crippen molar-refractivity contribution in [1.82, 2.24) is 14.1 Å². The molecule has 2 atom stereocenters. The van der Waals surface area contributed by atoms with Crippen molar-refractivity contribution in [3.63, 3.8) is 0 Å². The number of nitrogens with zero attached hydrogens (tertiary/aromatic N) is 3. The van der Waals surface area contributed by atoms with Gasteiger partial charge in [-0.2, -0.15) is 9.40 Å². The maximum Gasteiger partial charge on any atom is 0.217 e. The molecule has 2 saturated heterocycles. The summed E-state index contributed by atoms with van der Waals surface area (Å²) in [6.45, 7) is 2.47. The standard InChI is InChI=1S/C15H23N3O4S/c19-23(20,14-2-3-14)18-8-9-21-12-15(11-18)5-4-13(22-15)10-17-7-1-6-16-17/h1,6-7,13-14H,2-5,8-12H2. The Kier molecular flexibility index (Phi) is 3.95. The minimum absolute atomic E-state index is 0.0575. The van der Waals surface area contributed by atoms with E-state index in [4.69, 9.17) is 9.47 Å². The van der Waals surface area contributed by atoms with E-state index in [2.05, 4.69) is 5.10 Å². The average Bonchev–Trinajstić information content (AvgIpc) is 3.20. The van der Waals surface area contributed by atoms with E-state index in [-0.39, 0.29) is 11.4 Å². The van der Waals surface area contributed by atoms with Crippen LogP contribution in [0.4, 0.5) is 0 Å². The first kappa shape index (κ1) is 15.6. The van der Waals surface area contributed by atoms with Gasteiger partial charge in [-0.25, -0.2) is 8.42 Å². The Labute approximate surface area is 136 Å². The van der Waals surface area contributed by atoms with Gasteiger partial charge >= 0.3 is 0 Å². The molecule has 0 bridgehead atoms. The smallest absolute Gasteiger partial charge is 0.217 e. The summed E-state index contributed by atoms with van der Waals surface area (Å²) >= 11 is 0. The van der Waals surface area contributed by atoms with Crippen molar-refractivity contribution < 1.29 is 17.9 Å². The summed E-state index contributed by atoms with van der Waals surface area (Å²) in [5.41, 5.74) is -0.504. The zero-order chi connectivity index (χ0) is 15.9. The van der Waals surface area contributed by atoms with Crippen LogP contribution >= 0.6 is 0 Å². The Morgan fingerprint density at radius 2 is 2.17 bits per heavy atom. The van der Waals surface area contributed by atoms with Crippen LogP contribution in [0.3, 0.4) is 0 Å². The molecule has 3 heterocycles. The highest BCUT2D eigenvalue weighted by Gasteiger charge is 2.48. The number of aromatic nitrogens is 2. The predicted molar refractivity (Wildman–Crippen MR) is 83.4 cm³/mol. The van der Waals surface area contributed by atoms with Gasteiger partial charge in [-0.05, 0) is 31.7 Å². The van der Waals surface area contributed by atoms with E-state index in [1.165, 1.54) is 0 Å². The van der Waals surface area contributed by atoms with Crippen molar-refractivity contribution in [2.45, 2.75) is 49.2 Å². The maximum absolute atomic E-state index is 12.6. The van der Waals surface area contributed by atoms with E-state index in [0.29, 0.717) is 32.8 Å². The normalized spacial score (nSPS) is 33.1. The Balaban J connectivity index is 1.46. The Bertz CT molecular complexity index is 644. The Morgan fingerprint density at radius 1 is 1.30 bits per heavy atom. The highest BCUT2D eigenvalue weighted by atomic mass is 32.2. The average molecular weight is 341 g/mol. The van der Waals surface area contributed by atoms with Gasteiger partial charge < -0.3 is 9.47 Å². The van der Waals surface area contributed by atoms with E-state index in [1.54, 1.807) is 10.5 Å². The summed E-state index contributed by atoms with van der Waals surface area (Å²) in [6.07, 6.45) is 7.04. The lowest BCUT2D eigenvalue weighted by Gasteiger charge is -2.31. The second kappa shape index (κ2) is 5.84. The van der Waals surface area contributed by atoms with Crippen LogP contribution in [0.15, 0.2) is 18.5 Å². The molecule has 3 aliphatic rings. The lowest BCUT2D eigenvalue weighted by atomic mass is 10.0. The molecule has 2 aliphatic heterocycles. The third-order valence-electron chi connectivity index (χ3n) is 4.91. The SMILES string of the molecule is O=S(=O)(C1CC1)N1CCOCC2(CCC(Cn3cccn3)O2)C1. The third kappa shape index (κ3) is 3.17. The molecule has 2 unspecified atom stereocenters. The van der Waals surface area contributed by atoms with Crippen LogP contribution in [0.1, 0.15) is 25.7 Å². The van der Waals surface area contributed by atoms with Gasteiger partial charge in [0.25, 0.3) is 0 Å². The van der Waals surface area contributed by atoms with Crippen molar-refractivity contribution in [3.05, 3.63) is 18.5 Å². The minimum atomic E-state index is -3.19. The van der Waals surface area contributed by atoms with Gasteiger partial charge in [0.15, 0.2) is 0 Å². The van der Waals surface area contributed by atoms with Gasteiger partial charge in [0.1, 0.15) is 5.60 Å². The van der Waals surface area contributed by atoms with Crippen molar-refractivity contribution >= 4 is 10.0 Å². The zero-order valence-electron chi connectivity index (χ0n) is 13.1. The fourth-order valence-electron chi connectivity index (χ4n) is 3.53.